The van der Waals surface area contributed by atoms with E-state index in [0.29, 0.717) is 0 Å². The lowest BCUT2D eigenvalue weighted by Crippen LogP contribution is -2.40. The zero-order valence-electron chi connectivity index (χ0n) is 11.5. The lowest BCUT2D eigenvalue weighted by Gasteiger charge is -2.17. The molecule has 0 amide bonds. The molecule has 106 valence electrons. The Morgan fingerprint density at radius 1 is 1.32 bits per heavy atom. The van der Waals surface area contributed by atoms with Crippen molar-refractivity contribution in [3.8, 4) is 0 Å². The van der Waals surface area contributed by atoms with Crippen molar-refractivity contribution in [3.05, 3.63) is 35.9 Å². The minimum absolute atomic E-state index is 0.0520. The van der Waals surface area contributed by atoms with Gasteiger partial charge < -0.3 is 0 Å². The number of sulfonamides is 1. The summed E-state index contributed by atoms with van der Waals surface area (Å²) in [5.74, 6) is 0. The predicted molar refractivity (Wildman–Crippen MR) is 77.3 cm³/mol. The number of likely N-dealkylation sites (tertiary alicyclic amines) is 1. The van der Waals surface area contributed by atoms with Crippen molar-refractivity contribution >= 4 is 10.0 Å². The fourth-order valence-corrected chi connectivity index (χ4v) is 3.21. The third kappa shape index (κ3) is 4.03. The number of nitrogens with zero attached hydrogens (tertiary/aromatic N) is 1. The van der Waals surface area contributed by atoms with E-state index in [4.69, 9.17) is 0 Å². The molecule has 0 aromatic heterocycles. The molecule has 1 heterocycles. The van der Waals surface area contributed by atoms with Crippen LogP contribution in [0.25, 0.3) is 0 Å². The largest absolute Gasteiger partial charge is 0.297 e. The molecule has 0 saturated carbocycles. The average Bonchev–Trinajstić information content (AvgIpc) is 2.77. The lowest BCUT2D eigenvalue weighted by atomic mass is 10.2. The lowest BCUT2D eigenvalue weighted by molar-refractivity contribution is 0.324. The Morgan fingerprint density at radius 3 is 2.63 bits per heavy atom. The second-order valence-electron chi connectivity index (χ2n) is 5.42. The Hall–Kier alpha value is -0.910. The van der Waals surface area contributed by atoms with E-state index in [1.165, 1.54) is 5.56 Å². The van der Waals surface area contributed by atoms with Gasteiger partial charge in [-0.05, 0) is 25.8 Å². The Balaban J connectivity index is 1.87. The Kier molecular flexibility index (Phi) is 4.60. The van der Waals surface area contributed by atoms with Crippen LogP contribution in [-0.4, -0.2) is 37.7 Å². The highest BCUT2D eigenvalue weighted by molar-refractivity contribution is 7.90. The molecule has 1 aliphatic heterocycles. The van der Waals surface area contributed by atoms with E-state index >= 15 is 0 Å². The zero-order valence-corrected chi connectivity index (χ0v) is 12.4. The molecule has 19 heavy (non-hydrogen) atoms. The van der Waals surface area contributed by atoms with Gasteiger partial charge in [-0.3, -0.25) is 4.90 Å². The van der Waals surface area contributed by atoms with Gasteiger partial charge in [-0.1, -0.05) is 30.3 Å². The first-order chi connectivity index (χ1) is 8.97. The summed E-state index contributed by atoms with van der Waals surface area (Å²) in [6.45, 7) is 6.04. The van der Waals surface area contributed by atoms with E-state index in [1.54, 1.807) is 13.8 Å². The van der Waals surface area contributed by atoms with Crippen LogP contribution in [0.3, 0.4) is 0 Å². The van der Waals surface area contributed by atoms with Crippen LogP contribution in [0.15, 0.2) is 30.3 Å². The van der Waals surface area contributed by atoms with Crippen molar-refractivity contribution in [1.29, 1.82) is 0 Å². The molecule has 5 heteroatoms. The molecule has 1 saturated heterocycles. The summed E-state index contributed by atoms with van der Waals surface area (Å²) in [5, 5.41) is -0.365. The number of nitrogens with one attached hydrogen (secondary N) is 1. The maximum absolute atomic E-state index is 11.8. The van der Waals surface area contributed by atoms with Crippen LogP contribution in [0.1, 0.15) is 25.8 Å². The van der Waals surface area contributed by atoms with Crippen molar-refractivity contribution in [2.24, 2.45) is 0 Å². The highest BCUT2D eigenvalue weighted by Crippen LogP contribution is 2.14. The zero-order chi connectivity index (χ0) is 13.9. The maximum atomic E-state index is 11.8. The molecule has 4 nitrogen and oxygen atoms in total. The smallest absolute Gasteiger partial charge is 0.214 e. The summed E-state index contributed by atoms with van der Waals surface area (Å²) in [7, 11) is -3.15. The van der Waals surface area contributed by atoms with E-state index < -0.39 is 10.0 Å². The summed E-state index contributed by atoms with van der Waals surface area (Å²) in [4.78, 5) is 2.29. The maximum Gasteiger partial charge on any atom is 0.214 e. The summed E-state index contributed by atoms with van der Waals surface area (Å²) < 4.78 is 26.4. The summed E-state index contributed by atoms with van der Waals surface area (Å²) in [5.41, 5.74) is 1.27. The minimum Gasteiger partial charge on any atom is -0.297 e. The fourth-order valence-electron chi connectivity index (χ4n) is 2.28. The highest BCUT2D eigenvalue weighted by Gasteiger charge is 2.27. The third-order valence-electron chi connectivity index (χ3n) is 3.47. The number of rotatable bonds is 5. The topological polar surface area (TPSA) is 49.4 Å². The van der Waals surface area contributed by atoms with E-state index in [0.717, 1.165) is 26.1 Å². The van der Waals surface area contributed by atoms with Gasteiger partial charge in [0.25, 0.3) is 0 Å². The van der Waals surface area contributed by atoms with Gasteiger partial charge in [0.05, 0.1) is 5.25 Å². The van der Waals surface area contributed by atoms with Crippen LogP contribution < -0.4 is 4.72 Å². The van der Waals surface area contributed by atoms with E-state index in [1.807, 2.05) is 18.2 Å². The van der Waals surface area contributed by atoms with Crippen LogP contribution in [0.5, 0.6) is 0 Å². The molecule has 1 aromatic rings. The van der Waals surface area contributed by atoms with Gasteiger partial charge in [0.2, 0.25) is 10.0 Å². The SMILES string of the molecule is CC(C)S(=O)(=O)NC1CCN(Cc2ccccc2)C1. The van der Waals surface area contributed by atoms with E-state index in [9.17, 15) is 8.42 Å². The van der Waals surface area contributed by atoms with Crippen molar-refractivity contribution < 1.29 is 8.42 Å². The first kappa shape index (κ1) is 14.5. The van der Waals surface area contributed by atoms with Crippen molar-refractivity contribution in [2.45, 2.75) is 38.1 Å². The molecule has 0 radical (unpaired) electrons. The second-order valence-corrected chi connectivity index (χ2v) is 7.69. The summed E-state index contributed by atoms with van der Waals surface area (Å²) in [6, 6.07) is 10.3. The van der Waals surface area contributed by atoms with Crippen molar-refractivity contribution in [2.75, 3.05) is 13.1 Å². The minimum atomic E-state index is -3.15. The first-order valence-corrected chi connectivity index (χ1v) is 8.29. The highest BCUT2D eigenvalue weighted by atomic mass is 32.2. The quantitative estimate of drug-likeness (QED) is 0.892. The third-order valence-corrected chi connectivity index (χ3v) is 5.38. The summed E-state index contributed by atoms with van der Waals surface area (Å²) in [6.07, 6.45) is 0.888. The molecular formula is C14H22N2O2S. The molecule has 1 unspecified atom stereocenters. The predicted octanol–water partition coefficient (Wildman–Crippen LogP) is 1.59. The van der Waals surface area contributed by atoms with Gasteiger partial charge in [-0.2, -0.15) is 0 Å². The fraction of sp³-hybridized carbons (Fsp3) is 0.571. The van der Waals surface area contributed by atoms with E-state index in [2.05, 4.69) is 21.8 Å². The Bertz CT molecular complexity index is 499. The standard InChI is InChI=1S/C14H22N2O2S/c1-12(2)19(17,18)15-14-8-9-16(11-14)10-13-6-4-3-5-7-13/h3-7,12,14-15H,8-11H2,1-2H3. The van der Waals surface area contributed by atoms with Crippen LogP contribution >= 0.6 is 0 Å². The molecular weight excluding hydrogens is 260 g/mol. The van der Waals surface area contributed by atoms with Gasteiger partial charge in [-0.25, -0.2) is 13.1 Å². The molecule has 1 aromatic carbocycles. The van der Waals surface area contributed by atoms with Crippen LogP contribution in [0.4, 0.5) is 0 Å². The molecule has 0 aliphatic carbocycles. The monoisotopic (exact) mass is 282 g/mol. The summed E-state index contributed by atoms with van der Waals surface area (Å²) >= 11 is 0. The van der Waals surface area contributed by atoms with Crippen molar-refractivity contribution in [1.82, 2.24) is 9.62 Å². The molecule has 1 atom stereocenters. The van der Waals surface area contributed by atoms with Gasteiger partial charge in [0.15, 0.2) is 0 Å². The second kappa shape index (κ2) is 6.03. The van der Waals surface area contributed by atoms with Crippen LogP contribution in [-0.2, 0) is 16.6 Å². The van der Waals surface area contributed by atoms with Gasteiger partial charge >= 0.3 is 0 Å². The van der Waals surface area contributed by atoms with E-state index in [-0.39, 0.29) is 11.3 Å². The average molecular weight is 282 g/mol. The molecule has 0 spiro atoms. The Labute approximate surface area is 115 Å². The first-order valence-electron chi connectivity index (χ1n) is 6.75. The Morgan fingerprint density at radius 2 is 2.00 bits per heavy atom. The van der Waals surface area contributed by atoms with Crippen LogP contribution in [0, 0.1) is 0 Å². The molecule has 2 rings (SSSR count). The molecule has 0 bridgehead atoms. The number of hydrogen-bond acceptors (Lipinski definition) is 3. The number of benzene rings is 1. The molecule has 1 fully saturated rings. The number of hydrogen-bond donors (Lipinski definition) is 1. The molecule has 1 N–H and O–H groups in total. The van der Waals surface area contributed by atoms with Gasteiger partial charge in [0.1, 0.15) is 0 Å². The normalized spacial score (nSPS) is 21.1. The van der Waals surface area contributed by atoms with Crippen molar-refractivity contribution in [3.63, 3.8) is 0 Å². The molecule has 1 aliphatic rings. The van der Waals surface area contributed by atoms with Gasteiger partial charge in [-0.15, -0.1) is 0 Å². The van der Waals surface area contributed by atoms with Gasteiger partial charge in [0, 0.05) is 25.7 Å². The van der Waals surface area contributed by atoms with Crippen LogP contribution in [0.2, 0.25) is 0 Å².